The minimum atomic E-state index is -0.261. The van der Waals surface area contributed by atoms with Crippen molar-refractivity contribution in [1.82, 2.24) is 10.3 Å². The van der Waals surface area contributed by atoms with Gasteiger partial charge in [0.2, 0.25) is 0 Å². The summed E-state index contributed by atoms with van der Waals surface area (Å²) in [5.41, 5.74) is -0.0357. The van der Waals surface area contributed by atoms with Gasteiger partial charge in [-0.25, -0.2) is 0 Å². The maximum absolute atomic E-state index is 12.0. The van der Waals surface area contributed by atoms with Crippen LogP contribution in [0, 0.1) is 11.8 Å². The normalized spacial score (nSPS) is 27.8. The Morgan fingerprint density at radius 1 is 1.39 bits per heavy atom. The van der Waals surface area contributed by atoms with Crippen molar-refractivity contribution < 1.29 is 4.79 Å². The molecule has 0 radical (unpaired) electrons. The molecule has 1 aliphatic rings. The highest BCUT2D eigenvalue weighted by Crippen LogP contribution is 2.28. The molecular formula is C14H20N2O2. The lowest BCUT2D eigenvalue weighted by molar-refractivity contribution is 0.0898. The predicted octanol–water partition coefficient (Wildman–Crippen LogP) is 1.93. The molecule has 1 aliphatic carbocycles. The van der Waals surface area contributed by atoms with E-state index in [0.717, 1.165) is 25.2 Å². The number of hydrogen-bond acceptors (Lipinski definition) is 2. The van der Waals surface area contributed by atoms with Crippen molar-refractivity contribution >= 4 is 5.91 Å². The molecule has 1 aromatic rings. The Labute approximate surface area is 107 Å². The summed E-state index contributed by atoms with van der Waals surface area (Å²) in [5.74, 6) is 0.942. The molecule has 1 saturated carbocycles. The van der Waals surface area contributed by atoms with Crippen LogP contribution in [0.15, 0.2) is 23.3 Å². The number of carbonyl (C=O) groups excluding carboxylic acids is 1. The van der Waals surface area contributed by atoms with Gasteiger partial charge in [-0.2, -0.15) is 0 Å². The molecule has 4 nitrogen and oxygen atoms in total. The van der Waals surface area contributed by atoms with E-state index in [9.17, 15) is 9.59 Å². The van der Waals surface area contributed by atoms with Crippen LogP contribution in [0.5, 0.6) is 0 Å². The minimum Gasteiger partial charge on any atom is -0.367 e. The van der Waals surface area contributed by atoms with Crippen molar-refractivity contribution in [3.8, 4) is 0 Å². The second-order valence-corrected chi connectivity index (χ2v) is 5.40. The van der Waals surface area contributed by atoms with E-state index < -0.39 is 0 Å². The number of H-pyrrole nitrogens is 1. The molecule has 1 amide bonds. The lowest BCUT2D eigenvalue weighted by atomic mass is 9.80. The fourth-order valence-electron chi connectivity index (χ4n) is 2.72. The summed E-state index contributed by atoms with van der Waals surface area (Å²) in [5, 5.41) is 2.99. The van der Waals surface area contributed by atoms with Crippen molar-refractivity contribution in [2.24, 2.45) is 11.8 Å². The number of hydrogen-bond donors (Lipinski definition) is 2. The standard InChI is InChI=1S/C14H20N2O2/c1-9-3-4-12(10(2)7-9)16-14(18)11-8-15-6-5-13(11)17/h5-6,8-10,12H,3-4,7H2,1-2H3,(H,15,17)(H,16,18). The second-order valence-electron chi connectivity index (χ2n) is 5.40. The Kier molecular flexibility index (Phi) is 3.84. The average Bonchev–Trinajstić information content (AvgIpc) is 2.33. The van der Waals surface area contributed by atoms with E-state index in [1.165, 1.54) is 18.5 Å². The van der Waals surface area contributed by atoms with Crippen molar-refractivity contribution in [2.75, 3.05) is 0 Å². The molecule has 3 unspecified atom stereocenters. The summed E-state index contributed by atoms with van der Waals surface area (Å²) in [6.45, 7) is 4.41. The van der Waals surface area contributed by atoms with Gasteiger partial charge in [-0.1, -0.05) is 13.8 Å². The van der Waals surface area contributed by atoms with Crippen LogP contribution in [0.1, 0.15) is 43.5 Å². The number of amides is 1. The molecule has 4 heteroatoms. The molecule has 1 fully saturated rings. The van der Waals surface area contributed by atoms with Crippen molar-refractivity contribution in [3.63, 3.8) is 0 Å². The van der Waals surface area contributed by atoms with E-state index in [1.807, 2.05) is 0 Å². The van der Waals surface area contributed by atoms with Gasteiger partial charge in [0.05, 0.1) is 0 Å². The summed E-state index contributed by atoms with van der Waals surface area (Å²) < 4.78 is 0. The Bertz CT molecular complexity index is 481. The van der Waals surface area contributed by atoms with Crippen LogP contribution in [0.3, 0.4) is 0 Å². The summed E-state index contributed by atoms with van der Waals surface area (Å²) in [7, 11) is 0. The molecule has 0 aromatic carbocycles. The zero-order valence-electron chi connectivity index (χ0n) is 10.9. The van der Waals surface area contributed by atoms with Gasteiger partial charge in [-0.15, -0.1) is 0 Å². The van der Waals surface area contributed by atoms with Crippen LogP contribution in [-0.4, -0.2) is 16.9 Å². The number of carbonyl (C=O) groups is 1. The highest BCUT2D eigenvalue weighted by atomic mass is 16.2. The van der Waals surface area contributed by atoms with Crippen molar-refractivity contribution in [3.05, 3.63) is 34.2 Å². The van der Waals surface area contributed by atoms with Crippen LogP contribution in [0.2, 0.25) is 0 Å². The predicted molar refractivity (Wildman–Crippen MR) is 70.5 cm³/mol. The SMILES string of the molecule is CC1CCC(NC(=O)c2c[nH]ccc2=O)C(C)C1. The van der Waals surface area contributed by atoms with Gasteiger partial charge in [-0.05, 0) is 31.1 Å². The van der Waals surface area contributed by atoms with Gasteiger partial charge in [0.1, 0.15) is 5.56 Å². The van der Waals surface area contributed by atoms with Crippen molar-refractivity contribution in [1.29, 1.82) is 0 Å². The maximum atomic E-state index is 12.0. The minimum absolute atomic E-state index is 0.188. The lowest BCUT2D eigenvalue weighted by Gasteiger charge is -2.33. The zero-order valence-corrected chi connectivity index (χ0v) is 10.9. The summed E-state index contributed by atoms with van der Waals surface area (Å²) >= 11 is 0. The molecule has 98 valence electrons. The van der Waals surface area contributed by atoms with Crippen molar-refractivity contribution in [2.45, 2.75) is 39.2 Å². The molecule has 0 spiro atoms. The number of aromatic nitrogens is 1. The Morgan fingerprint density at radius 2 is 2.17 bits per heavy atom. The molecule has 0 bridgehead atoms. The number of rotatable bonds is 2. The van der Waals surface area contributed by atoms with Crippen LogP contribution in [-0.2, 0) is 0 Å². The molecule has 1 aromatic heterocycles. The third-order valence-electron chi connectivity index (χ3n) is 3.82. The van der Waals surface area contributed by atoms with Gasteiger partial charge >= 0.3 is 0 Å². The van der Waals surface area contributed by atoms with Gasteiger partial charge < -0.3 is 10.3 Å². The first-order chi connectivity index (χ1) is 8.58. The Balaban J connectivity index is 2.04. The smallest absolute Gasteiger partial charge is 0.256 e. The van der Waals surface area contributed by atoms with Crippen LogP contribution in [0.4, 0.5) is 0 Å². The fourth-order valence-corrected chi connectivity index (χ4v) is 2.72. The number of aromatic amines is 1. The summed E-state index contributed by atoms with van der Waals surface area (Å²) in [6.07, 6.45) is 6.27. The Hall–Kier alpha value is -1.58. The molecule has 18 heavy (non-hydrogen) atoms. The lowest BCUT2D eigenvalue weighted by Crippen LogP contribution is -2.43. The highest BCUT2D eigenvalue weighted by Gasteiger charge is 2.27. The first-order valence-electron chi connectivity index (χ1n) is 6.56. The van der Waals surface area contributed by atoms with Gasteiger partial charge in [-0.3, -0.25) is 9.59 Å². The van der Waals surface area contributed by atoms with Crippen LogP contribution in [0.25, 0.3) is 0 Å². The zero-order chi connectivity index (χ0) is 13.1. The monoisotopic (exact) mass is 248 g/mol. The first-order valence-corrected chi connectivity index (χ1v) is 6.56. The van der Waals surface area contributed by atoms with E-state index in [1.54, 1.807) is 0 Å². The Morgan fingerprint density at radius 3 is 2.83 bits per heavy atom. The van der Waals surface area contributed by atoms with E-state index in [4.69, 9.17) is 0 Å². The summed E-state index contributed by atoms with van der Waals surface area (Å²) in [6, 6.07) is 1.56. The van der Waals surface area contributed by atoms with Gasteiger partial charge in [0, 0.05) is 24.5 Å². The quantitative estimate of drug-likeness (QED) is 0.840. The molecule has 3 atom stereocenters. The first kappa shape index (κ1) is 12.9. The third-order valence-corrected chi connectivity index (χ3v) is 3.82. The molecule has 1 heterocycles. The van der Waals surface area contributed by atoms with Gasteiger partial charge in [0.15, 0.2) is 5.43 Å². The average molecular weight is 248 g/mol. The molecule has 0 saturated heterocycles. The maximum Gasteiger partial charge on any atom is 0.256 e. The van der Waals surface area contributed by atoms with E-state index in [-0.39, 0.29) is 22.9 Å². The fraction of sp³-hybridized carbons (Fsp3) is 0.571. The summed E-state index contributed by atoms with van der Waals surface area (Å²) in [4.78, 5) is 26.4. The number of nitrogens with one attached hydrogen (secondary N) is 2. The van der Waals surface area contributed by atoms with Gasteiger partial charge in [0.25, 0.3) is 5.91 Å². The molecule has 0 aliphatic heterocycles. The third kappa shape index (κ3) is 2.81. The van der Waals surface area contributed by atoms with Crippen LogP contribution >= 0.6 is 0 Å². The topological polar surface area (TPSA) is 62.0 Å². The molecule has 2 rings (SSSR count). The van der Waals surface area contributed by atoms with E-state index >= 15 is 0 Å². The number of pyridine rings is 1. The second kappa shape index (κ2) is 5.38. The van der Waals surface area contributed by atoms with E-state index in [2.05, 4.69) is 24.1 Å². The largest absolute Gasteiger partial charge is 0.367 e. The van der Waals surface area contributed by atoms with E-state index in [0.29, 0.717) is 5.92 Å². The molecular weight excluding hydrogens is 228 g/mol. The molecule has 2 N–H and O–H groups in total. The highest BCUT2D eigenvalue weighted by molar-refractivity contribution is 5.93. The van der Waals surface area contributed by atoms with Crippen LogP contribution < -0.4 is 10.7 Å².